The van der Waals surface area contributed by atoms with Crippen LogP contribution in [0.1, 0.15) is 53.3 Å². The molecule has 0 saturated carbocycles. The number of esters is 1. The fourth-order valence-corrected chi connectivity index (χ4v) is 5.18. The van der Waals surface area contributed by atoms with E-state index in [4.69, 9.17) is 14.2 Å². The van der Waals surface area contributed by atoms with Crippen LogP contribution in [-0.4, -0.2) is 47.6 Å². The van der Waals surface area contributed by atoms with Crippen molar-refractivity contribution in [3.63, 3.8) is 0 Å². The molecule has 4 rings (SSSR count). The lowest BCUT2D eigenvalue weighted by molar-refractivity contribution is -0.132. The summed E-state index contributed by atoms with van der Waals surface area (Å²) >= 11 is 0.956. The molecule has 3 aromatic rings. The van der Waals surface area contributed by atoms with E-state index in [1.807, 2.05) is 13.8 Å². The van der Waals surface area contributed by atoms with Crippen LogP contribution in [0.5, 0.6) is 11.5 Å². The van der Waals surface area contributed by atoms with Crippen molar-refractivity contribution in [2.75, 3.05) is 24.7 Å². The molecule has 1 amide bonds. The number of anilines is 1. The number of nitrogens with zero attached hydrogens (tertiary/aromatic N) is 2. The van der Waals surface area contributed by atoms with Gasteiger partial charge in [0.1, 0.15) is 22.1 Å². The van der Waals surface area contributed by atoms with Crippen molar-refractivity contribution in [3.05, 3.63) is 75.8 Å². The summed E-state index contributed by atoms with van der Waals surface area (Å²) in [7, 11) is 0. The van der Waals surface area contributed by atoms with Crippen molar-refractivity contribution < 1.29 is 33.7 Å². The van der Waals surface area contributed by atoms with Gasteiger partial charge in [-0.1, -0.05) is 23.5 Å². The molecule has 0 spiro atoms. The number of aliphatic hydroxyl groups is 1. The van der Waals surface area contributed by atoms with Crippen molar-refractivity contribution in [1.82, 2.24) is 4.98 Å². The highest BCUT2D eigenvalue weighted by molar-refractivity contribution is 7.17. The second-order valence-electron chi connectivity index (χ2n) is 8.26. The molecule has 10 heteroatoms. The van der Waals surface area contributed by atoms with Crippen molar-refractivity contribution >= 4 is 39.9 Å². The highest BCUT2D eigenvalue weighted by atomic mass is 32.1. The minimum Gasteiger partial charge on any atom is -0.507 e. The van der Waals surface area contributed by atoms with E-state index in [1.165, 1.54) is 4.90 Å². The van der Waals surface area contributed by atoms with E-state index >= 15 is 0 Å². The molecule has 1 aliphatic heterocycles. The topological polar surface area (TPSA) is 115 Å². The smallest absolute Gasteiger partial charge is 0.350 e. The van der Waals surface area contributed by atoms with Crippen LogP contribution in [0, 0.1) is 6.92 Å². The minimum atomic E-state index is -1.01. The Balaban J connectivity index is 1.89. The van der Waals surface area contributed by atoms with E-state index in [2.05, 4.69) is 4.98 Å². The van der Waals surface area contributed by atoms with E-state index in [1.54, 1.807) is 62.4 Å². The number of rotatable bonds is 9. The monoisotopic (exact) mass is 536 g/mol. The summed E-state index contributed by atoms with van der Waals surface area (Å²) in [6, 6.07) is 12.5. The molecule has 1 aromatic heterocycles. The standard InChI is InChI=1S/C28H28N2O7S/c1-5-35-19-13-11-17(12-14-19)23(31)21-22(18-9-8-10-20(15-18)36-6-2)30(26(33)24(21)32)28-29-16(4)25(38-28)27(34)37-7-3/h8-15,22,31H,5-7H2,1-4H3/b23-21+. The minimum absolute atomic E-state index is 0.0988. The number of carbonyl (C=O) groups is 3. The molecule has 1 N–H and O–H groups in total. The van der Waals surface area contributed by atoms with E-state index in [0.29, 0.717) is 41.5 Å². The highest BCUT2D eigenvalue weighted by Crippen LogP contribution is 2.44. The lowest BCUT2D eigenvalue weighted by atomic mass is 9.95. The predicted octanol–water partition coefficient (Wildman–Crippen LogP) is 5.05. The predicted molar refractivity (Wildman–Crippen MR) is 143 cm³/mol. The molecular formula is C28H28N2O7S. The van der Waals surface area contributed by atoms with E-state index in [9.17, 15) is 19.5 Å². The SMILES string of the molecule is CCOC(=O)c1sc(N2C(=O)C(=O)/C(=C(/O)c3ccc(OCC)cc3)C2c2cccc(OCC)c2)nc1C. The molecule has 2 aromatic carbocycles. The molecule has 1 saturated heterocycles. The average Bonchev–Trinajstić information content (AvgIpc) is 3.41. The van der Waals surface area contributed by atoms with Gasteiger partial charge in [-0.15, -0.1) is 0 Å². The van der Waals surface area contributed by atoms with Crippen LogP contribution in [-0.2, 0) is 14.3 Å². The Labute approximate surface area is 224 Å². The lowest BCUT2D eigenvalue weighted by Gasteiger charge is -2.23. The van der Waals surface area contributed by atoms with Gasteiger partial charge in [-0.3, -0.25) is 14.5 Å². The summed E-state index contributed by atoms with van der Waals surface area (Å²) in [6.45, 7) is 8.12. The number of Topliss-reactive ketones (excluding diaryl/α,β-unsaturated/α-hetero) is 1. The molecule has 9 nitrogen and oxygen atoms in total. The first-order valence-electron chi connectivity index (χ1n) is 12.2. The Morgan fingerprint density at radius 1 is 1.00 bits per heavy atom. The second-order valence-corrected chi connectivity index (χ2v) is 9.24. The molecule has 1 unspecified atom stereocenters. The second kappa shape index (κ2) is 11.5. The maximum Gasteiger partial charge on any atom is 0.350 e. The Morgan fingerprint density at radius 2 is 1.68 bits per heavy atom. The van der Waals surface area contributed by atoms with Crippen LogP contribution in [0.15, 0.2) is 54.1 Å². The van der Waals surface area contributed by atoms with Gasteiger partial charge in [-0.2, -0.15) is 0 Å². The molecule has 1 aliphatic rings. The zero-order chi connectivity index (χ0) is 27.4. The number of hydrogen-bond acceptors (Lipinski definition) is 9. The number of hydrogen-bond donors (Lipinski definition) is 1. The fraction of sp³-hybridized carbons (Fsp3) is 0.286. The third-order valence-electron chi connectivity index (χ3n) is 5.82. The van der Waals surface area contributed by atoms with Gasteiger partial charge in [0.2, 0.25) is 0 Å². The van der Waals surface area contributed by atoms with E-state index < -0.39 is 23.7 Å². The van der Waals surface area contributed by atoms with Crippen LogP contribution in [0.25, 0.3) is 5.76 Å². The van der Waals surface area contributed by atoms with Gasteiger partial charge < -0.3 is 19.3 Å². The number of ether oxygens (including phenoxy) is 3. The Hall–Kier alpha value is -4.18. The number of carbonyl (C=O) groups excluding carboxylic acids is 3. The molecule has 0 bridgehead atoms. The first kappa shape index (κ1) is 26.9. The van der Waals surface area contributed by atoms with Crippen LogP contribution < -0.4 is 14.4 Å². The third-order valence-corrected chi connectivity index (χ3v) is 6.96. The lowest BCUT2D eigenvalue weighted by Crippen LogP contribution is -2.29. The highest BCUT2D eigenvalue weighted by Gasteiger charge is 2.48. The fourth-order valence-electron chi connectivity index (χ4n) is 4.19. The summed E-state index contributed by atoms with van der Waals surface area (Å²) in [5, 5.41) is 11.5. The first-order chi connectivity index (χ1) is 18.3. The van der Waals surface area contributed by atoms with Crippen molar-refractivity contribution in [3.8, 4) is 11.5 Å². The first-order valence-corrected chi connectivity index (χ1v) is 13.0. The van der Waals surface area contributed by atoms with Gasteiger partial charge in [-0.05, 0) is 69.7 Å². The van der Waals surface area contributed by atoms with Crippen LogP contribution in [0.2, 0.25) is 0 Å². The number of benzene rings is 2. The maximum absolute atomic E-state index is 13.4. The Morgan fingerprint density at radius 3 is 2.34 bits per heavy atom. The summed E-state index contributed by atoms with van der Waals surface area (Å²) in [5.74, 6) is -1.48. The molecule has 1 atom stereocenters. The summed E-state index contributed by atoms with van der Waals surface area (Å²) < 4.78 is 16.2. The van der Waals surface area contributed by atoms with Gasteiger partial charge in [0, 0.05) is 5.56 Å². The average molecular weight is 537 g/mol. The maximum atomic E-state index is 13.4. The Bertz CT molecular complexity index is 1390. The van der Waals surface area contributed by atoms with Gasteiger partial charge in [0.25, 0.3) is 5.78 Å². The normalized spacial score (nSPS) is 16.5. The molecule has 1 fully saturated rings. The molecule has 38 heavy (non-hydrogen) atoms. The number of aliphatic hydroxyl groups excluding tert-OH is 1. The molecule has 0 radical (unpaired) electrons. The summed E-state index contributed by atoms with van der Waals surface area (Å²) in [5.41, 5.74) is 1.16. The molecule has 2 heterocycles. The third kappa shape index (κ3) is 5.12. The van der Waals surface area contributed by atoms with Crippen LogP contribution in [0.3, 0.4) is 0 Å². The van der Waals surface area contributed by atoms with E-state index in [0.717, 1.165) is 11.3 Å². The van der Waals surface area contributed by atoms with Crippen molar-refractivity contribution in [1.29, 1.82) is 0 Å². The van der Waals surface area contributed by atoms with Crippen LogP contribution in [0.4, 0.5) is 5.13 Å². The van der Waals surface area contributed by atoms with Gasteiger partial charge in [0.15, 0.2) is 5.13 Å². The van der Waals surface area contributed by atoms with Gasteiger partial charge in [0.05, 0.1) is 37.1 Å². The number of aryl methyl sites for hydroxylation is 1. The zero-order valence-electron chi connectivity index (χ0n) is 21.5. The van der Waals surface area contributed by atoms with Crippen molar-refractivity contribution in [2.24, 2.45) is 0 Å². The zero-order valence-corrected chi connectivity index (χ0v) is 22.3. The largest absolute Gasteiger partial charge is 0.507 e. The van der Waals surface area contributed by atoms with Gasteiger partial charge >= 0.3 is 11.9 Å². The van der Waals surface area contributed by atoms with E-state index in [-0.39, 0.29) is 27.9 Å². The summed E-state index contributed by atoms with van der Waals surface area (Å²) in [4.78, 5) is 45.2. The summed E-state index contributed by atoms with van der Waals surface area (Å²) in [6.07, 6.45) is 0. The Kier molecular flexibility index (Phi) is 8.11. The number of amides is 1. The number of ketones is 1. The molecule has 198 valence electrons. The molecular weight excluding hydrogens is 508 g/mol. The van der Waals surface area contributed by atoms with Gasteiger partial charge in [-0.25, -0.2) is 9.78 Å². The number of thiazole rings is 1. The van der Waals surface area contributed by atoms with Crippen molar-refractivity contribution in [2.45, 2.75) is 33.7 Å². The number of aromatic nitrogens is 1. The van der Waals surface area contributed by atoms with Crippen LogP contribution >= 0.6 is 11.3 Å². The quantitative estimate of drug-likeness (QED) is 0.175. The molecule has 0 aliphatic carbocycles.